The van der Waals surface area contributed by atoms with Crippen LogP contribution in [-0.4, -0.2) is 13.1 Å². The fourth-order valence-electron chi connectivity index (χ4n) is 1.59. The van der Waals surface area contributed by atoms with Crippen molar-refractivity contribution in [1.29, 1.82) is 0 Å². The predicted molar refractivity (Wildman–Crippen MR) is 48.2 cm³/mol. The standard InChI is InChI=1S/C11H11O2/c1-13-10(12)11(7-8-11)9-5-3-2-4-6-9/h2-5H,7-8H2,1H3. The van der Waals surface area contributed by atoms with Gasteiger partial charge in [0.05, 0.1) is 12.5 Å². The summed E-state index contributed by atoms with van der Waals surface area (Å²) in [7, 11) is 1.44. The highest BCUT2D eigenvalue weighted by Crippen LogP contribution is 2.48. The van der Waals surface area contributed by atoms with Gasteiger partial charge in [0.2, 0.25) is 0 Å². The second kappa shape index (κ2) is 2.87. The lowest BCUT2D eigenvalue weighted by atomic mass is 9.96. The lowest BCUT2D eigenvalue weighted by molar-refractivity contribution is -0.143. The number of hydrogen-bond donors (Lipinski definition) is 0. The molecule has 67 valence electrons. The number of ether oxygens (including phenoxy) is 1. The molecule has 2 rings (SSSR count). The van der Waals surface area contributed by atoms with Gasteiger partial charge in [0.15, 0.2) is 0 Å². The topological polar surface area (TPSA) is 26.3 Å². The van der Waals surface area contributed by atoms with Gasteiger partial charge in [-0.05, 0) is 24.5 Å². The number of rotatable bonds is 2. The van der Waals surface area contributed by atoms with Gasteiger partial charge >= 0.3 is 5.97 Å². The van der Waals surface area contributed by atoms with E-state index in [1.165, 1.54) is 7.11 Å². The molecule has 13 heavy (non-hydrogen) atoms. The summed E-state index contributed by atoms with van der Waals surface area (Å²) in [6, 6.07) is 10.7. The Kier molecular flexibility index (Phi) is 1.83. The summed E-state index contributed by atoms with van der Waals surface area (Å²) >= 11 is 0. The molecule has 0 unspecified atom stereocenters. The van der Waals surface area contributed by atoms with Crippen molar-refractivity contribution >= 4 is 5.97 Å². The highest BCUT2D eigenvalue weighted by Gasteiger charge is 2.52. The normalized spacial score (nSPS) is 17.9. The molecule has 0 spiro atoms. The Bertz CT molecular complexity index is 312. The van der Waals surface area contributed by atoms with Crippen LogP contribution in [0.4, 0.5) is 0 Å². The average Bonchev–Trinajstić information content (AvgIpc) is 2.99. The zero-order valence-corrected chi connectivity index (χ0v) is 7.54. The molecule has 0 amide bonds. The summed E-state index contributed by atoms with van der Waals surface area (Å²) in [6.45, 7) is 0. The molecule has 1 saturated carbocycles. The van der Waals surface area contributed by atoms with Gasteiger partial charge in [0, 0.05) is 0 Å². The molecule has 0 saturated heterocycles. The van der Waals surface area contributed by atoms with Gasteiger partial charge in [-0.3, -0.25) is 4.79 Å². The van der Waals surface area contributed by atoms with E-state index in [2.05, 4.69) is 6.07 Å². The van der Waals surface area contributed by atoms with Crippen LogP contribution >= 0.6 is 0 Å². The highest BCUT2D eigenvalue weighted by atomic mass is 16.5. The quantitative estimate of drug-likeness (QED) is 0.639. The molecule has 1 aromatic carbocycles. The largest absolute Gasteiger partial charge is 0.468 e. The Labute approximate surface area is 77.5 Å². The summed E-state index contributed by atoms with van der Waals surface area (Å²) in [5.41, 5.74) is 0.595. The first kappa shape index (κ1) is 8.30. The van der Waals surface area contributed by atoms with Gasteiger partial charge < -0.3 is 4.74 Å². The number of carbonyl (C=O) groups excluding carboxylic acids is 1. The van der Waals surface area contributed by atoms with E-state index in [-0.39, 0.29) is 11.4 Å². The van der Waals surface area contributed by atoms with Crippen molar-refractivity contribution < 1.29 is 9.53 Å². The number of methoxy groups -OCH3 is 1. The van der Waals surface area contributed by atoms with Crippen LogP contribution in [0.2, 0.25) is 0 Å². The van der Waals surface area contributed by atoms with Gasteiger partial charge in [0.25, 0.3) is 0 Å². The number of hydrogen-bond acceptors (Lipinski definition) is 2. The van der Waals surface area contributed by atoms with E-state index in [1.807, 2.05) is 24.3 Å². The molecule has 1 radical (unpaired) electrons. The van der Waals surface area contributed by atoms with Gasteiger partial charge in [0.1, 0.15) is 0 Å². The summed E-state index contributed by atoms with van der Waals surface area (Å²) in [5.74, 6) is -0.130. The summed E-state index contributed by atoms with van der Waals surface area (Å²) in [4.78, 5) is 11.5. The van der Waals surface area contributed by atoms with E-state index in [9.17, 15) is 4.79 Å². The van der Waals surface area contributed by atoms with Crippen molar-refractivity contribution in [2.45, 2.75) is 18.3 Å². The fraction of sp³-hybridized carbons (Fsp3) is 0.364. The van der Waals surface area contributed by atoms with E-state index in [4.69, 9.17) is 4.74 Å². The molecule has 0 aromatic heterocycles. The molecule has 2 heteroatoms. The van der Waals surface area contributed by atoms with Crippen molar-refractivity contribution in [2.24, 2.45) is 0 Å². The van der Waals surface area contributed by atoms with Gasteiger partial charge in [-0.1, -0.05) is 24.3 Å². The Balaban J connectivity index is 2.31. The molecule has 0 atom stereocenters. The molecule has 1 aliphatic carbocycles. The fourth-order valence-corrected chi connectivity index (χ4v) is 1.59. The maximum absolute atomic E-state index is 11.5. The smallest absolute Gasteiger partial charge is 0.316 e. The molecule has 0 aliphatic heterocycles. The van der Waals surface area contributed by atoms with Crippen LogP contribution in [0.1, 0.15) is 18.4 Å². The second-order valence-electron chi connectivity index (χ2n) is 3.35. The minimum absolute atomic E-state index is 0.130. The first-order valence-corrected chi connectivity index (χ1v) is 4.35. The Morgan fingerprint density at radius 1 is 1.54 bits per heavy atom. The van der Waals surface area contributed by atoms with E-state index in [0.717, 1.165) is 18.4 Å². The van der Waals surface area contributed by atoms with Crippen LogP contribution in [0.5, 0.6) is 0 Å². The lowest BCUT2D eigenvalue weighted by Crippen LogP contribution is -2.21. The molecule has 0 N–H and O–H groups in total. The van der Waals surface area contributed by atoms with Crippen LogP contribution in [0.25, 0.3) is 0 Å². The van der Waals surface area contributed by atoms with Crippen molar-refractivity contribution in [2.75, 3.05) is 7.11 Å². The van der Waals surface area contributed by atoms with Crippen molar-refractivity contribution in [1.82, 2.24) is 0 Å². The highest BCUT2D eigenvalue weighted by molar-refractivity contribution is 5.86. The zero-order chi connectivity index (χ0) is 9.31. The monoisotopic (exact) mass is 175 g/mol. The molecule has 1 aliphatic rings. The number of carbonyl (C=O) groups is 1. The molecule has 1 aromatic rings. The van der Waals surface area contributed by atoms with E-state index >= 15 is 0 Å². The summed E-state index contributed by atoms with van der Waals surface area (Å²) < 4.78 is 4.77. The SMILES string of the molecule is COC(=O)C1(c2[c]cccc2)CC1. The van der Waals surface area contributed by atoms with Crippen molar-refractivity contribution in [3.05, 3.63) is 35.9 Å². The van der Waals surface area contributed by atoms with Crippen LogP contribution in [0, 0.1) is 6.07 Å². The first-order chi connectivity index (χ1) is 6.29. The third-order valence-electron chi connectivity index (χ3n) is 2.55. The first-order valence-electron chi connectivity index (χ1n) is 4.35. The number of esters is 1. The second-order valence-corrected chi connectivity index (χ2v) is 3.35. The minimum atomic E-state index is -0.365. The maximum atomic E-state index is 11.5. The molecule has 0 heterocycles. The van der Waals surface area contributed by atoms with Crippen LogP contribution < -0.4 is 0 Å². The van der Waals surface area contributed by atoms with Crippen molar-refractivity contribution in [3.63, 3.8) is 0 Å². The molecule has 1 fully saturated rings. The Hall–Kier alpha value is -1.31. The van der Waals surface area contributed by atoms with Crippen LogP contribution in [-0.2, 0) is 14.9 Å². The van der Waals surface area contributed by atoms with Crippen molar-refractivity contribution in [3.8, 4) is 0 Å². The van der Waals surface area contributed by atoms with Gasteiger partial charge in [-0.15, -0.1) is 0 Å². The number of benzene rings is 1. The minimum Gasteiger partial charge on any atom is -0.468 e. The average molecular weight is 175 g/mol. The van der Waals surface area contributed by atoms with Gasteiger partial charge in [-0.25, -0.2) is 0 Å². The molecular formula is C11H11O2. The Morgan fingerprint density at radius 2 is 2.31 bits per heavy atom. The van der Waals surface area contributed by atoms with E-state index < -0.39 is 0 Å². The molecule has 2 nitrogen and oxygen atoms in total. The molecular weight excluding hydrogens is 164 g/mol. The molecule has 0 bridgehead atoms. The van der Waals surface area contributed by atoms with E-state index in [0.29, 0.717) is 0 Å². The van der Waals surface area contributed by atoms with Crippen LogP contribution in [0.3, 0.4) is 0 Å². The van der Waals surface area contributed by atoms with Crippen LogP contribution in [0.15, 0.2) is 24.3 Å². The summed E-state index contributed by atoms with van der Waals surface area (Å²) in [5, 5.41) is 0. The predicted octanol–water partition coefficient (Wildman–Crippen LogP) is 1.69. The third kappa shape index (κ3) is 1.22. The summed E-state index contributed by atoms with van der Waals surface area (Å²) in [6.07, 6.45) is 1.78. The van der Waals surface area contributed by atoms with E-state index in [1.54, 1.807) is 0 Å². The maximum Gasteiger partial charge on any atom is 0.316 e. The van der Waals surface area contributed by atoms with Gasteiger partial charge in [-0.2, -0.15) is 0 Å². The third-order valence-corrected chi connectivity index (χ3v) is 2.55. The zero-order valence-electron chi connectivity index (χ0n) is 7.54. The Morgan fingerprint density at radius 3 is 2.77 bits per heavy atom. The lowest BCUT2D eigenvalue weighted by Gasteiger charge is -2.11.